The fraction of sp³-hybridized carbons (Fsp3) is 0.538. The minimum absolute atomic E-state index is 0.0457. The molecule has 0 amide bonds. The van der Waals surface area contributed by atoms with Crippen LogP contribution in [0.2, 0.25) is 0 Å². The Hall–Kier alpha value is -1.85. The van der Waals surface area contributed by atoms with Crippen LogP contribution in [0.4, 0.5) is 5.69 Å². The zero-order valence-electron chi connectivity index (χ0n) is 19.5. The maximum absolute atomic E-state index is 12.9. The summed E-state index contributed by atoms with van der Waals surface area (Å²) in [6, 6.07) is 15.1. The number of likely N-dealkylation sites (tertiary alicyclic amines) is 1. The molecule has 0 aromatic heterocycles. The van der Waals surface area contributed by atoms with Crippen molar-refractivity contribution in [3.8, 4) is 0 Å². The van der Waals surface area contributed by atoms with Crippen molar-refractivity contribution < 1.29 is 8.42 Å². The summed E-state index contributed by atoms with van der Waals surface area (Å²) in [5.41, 5.74) is 2.65. The van der Waals surface area contributed by atoms with Crippen LogP contribution in [0.1, 0.15) is 64.0 Å². The summed E-state index contributed by atoms with van der Waals surface area (Å²) in [6.07, 6.45) is 6.30. The van der Waals surface area contributed by atoms with E-state index in [0.717, 1.165) is 25.1 Å². The molecule has 2 aromatic rings. The van der Waals surface area contributed by atoms with Gasteiger partial charge in [0.15, 0.2) is 0 Å². The maximum atomic E-state index is 12.9. The molecule has 1 aliphatic rings. The topological polar surface area (TPSA) is 49.4 Å². The fourth-order valence-electron chi connectivity index (χ4n) is 4.72. The minimum atomic E-state index is -3.61. The molecule has 0 radical (unpaired) electrons. The highest BCUT2D eigenvalue weighted by atomic mass is 32.2. The molecule has 170 valence electrons. The van der Waals surface area contributed by atoms with Crippen LogP contribution in [0.3, 0.4) is 0 Å². The van der Waals surface area contributed by atoms with Crippen molar-refractivity contribution in [2.45, 2.75) is 70.1 Å². The number of hydrogen-bond acceptors (Lipinski definition) is 3. The first kappa shape index (κ1) is 23.8. The van der Waals surface area contributed by atoms with Gasteiger partial charge in [-0.25, -0.2) is 8.42 Å². The highest BCUT2D eigenvalue weighted by Gasteiger charge is 2.38. The molecule has 1 fully saturated rings. The predicted molar refractivity (Wildman–Crippen MR) is 130 cm³/mol. The minimum Gasteiger partial charge on any atom is -0.303 e. The Morgan fingerprint density at radius 3 is 2.58 bits per heavy atom. The van der Waals surface area contributed by atoms with Crippen molar-refractivity contribution in [1.82, 2.24) is 4.90 Å². The molecule has 2 atom stereocenters. The second-order valence-electron chi connectivity index (χ2n) is 9.38. The Kier molecular flexibility index (Phi) is 7.82. The summed E-state index contributed by atoms with van der Waals surface area (Å²) in [5.74, 6) is 0.510. The van der Waals surface area contributed by atoms with E-state index in [2.05, 4.69) is 36.5 Å². The third kappa shape index (κ3) is 5.69. The van der Waals surface area contributed by atoms with E-state index < -0.39 is 10.0 Å². The van der Waals surface area contributed by atoms with E-state index in [0.29, 0.717) is 16.5 Å². The number of benzene rings is 2. The summed E-state index contributed by atoms with van der Waals surface area (Å²) in [5, 5.41) is 0. The monoisotopic (exact) mass is 442 g/mol. The van der Waals surface area contributed by atoms with E-state index in [1.54, 1.807) is 12.1 Å². The Morgan fingerprint density at radius 1 is 1.10 bits per heavy atom. The summed E-state index contributed by atoms with van der Waals surface area (Å²) in [4.78, 5) is 2.93. The average Bonchev–Trinajstić information content (AvgIpc) is 2.74. The molecule has 5 heteroatoms. The number of piperidine rings is 1. The van der Waals surface area contributed by atoms with Crippen molar-refractivity contribution in [1.29, 1.82) is 0 Å². The summed E-state index contributed by atoms with van der Waals surface area (Å²) < 4.78 is 28.6. The van der Waals surface area contributed by atoms with E-state index in [1.807, 2.05) is 37.3 Å². The lowest BCUT2D eigenvalue weighted by molar-refractivity contribution is 0.109. The molecule has 0 saturated carbocycles. The highest BCUT2D eigenvalue weighted by molar-refractivity contribution is 7.92. The zero-order chi connectivity index (χ0) is 22.5. The van der Waals surface area contributed by atoms with Gasteiger partial charge in [0, 0.05) is 12.2 Å². The van der Waals surface area contributed by atoms with Crippen LogP contribution in [0, 0.1) is 12.8 Å². The quantitative estimate of drug-likeness (QED) is 0.486. The van der Waals surface area contributed by atoms with Gasteiger partial charge >= 0.3 is 0 Å². The van der Waals surface area contributed by atoms with E-state index in [4.69, 9.17) is 0 Å². The molecule has 0 aliphatic carbocycles. The van der Waals surface area contributed by atoms with Crippen molar-refractivity contribution in [2.24, 2.45) is 5.92 Å². The Morgan fingerprint density at radius 2 is 1.87 bits per heavy atom. The maximum Gasteiger partial charge on any atom is 0.262 e. The molecule has 4 nitrogen and oxygen atoms in total. The van der Waals surface area contributed by atoms with Gasteiger partial charge in [-0.1, -0.05) is 70.4 Å². The lowest BCUT2D eigenvalue weighted by Gasteiger charge is -2.45. The van der Waals surface area contributed by atoms with Gasteiger partial charge in [0.25, 0.3) is 10.0 Å². The molecule has 0 bridgehead atoms. The van der Waals surface area contributed by atoms with Gasteiger partial charge in [-0.2, -0.15) is 0 Å². The van der Waals surface area contributed by atoms with E-state index in [9.17, 15) is 8.42 Å². The van der Waals surface area contributed by atoms with Crippen LogP contribution in [-0.4, -0.2) is 33.0 Å². The van der Waals surface area contributed by atoms with E-state index >= 15 is 0 Å². The molecule has 0 spiro atoms. The standard InChI is InChI=1S/C26H38N2O2S/c1-5-6-7-10-17-28-18-16-26(4,22(3)20-28)23-13-11-14-24(19-23)27-31(29,30)25-15-9-8-12-21(25)2/h8-9,11-15,19,22,27H,5-7,10,16-18,20H2,1-4H3/t22-,26-/m0/s1. The average molecular weight is 443 g/mol. The molecule has 1 heterocycles. The van der Waals surface area contributed by atoms with Crippen molar-refractivity contribution in [3.05, 3.63) is 59.7 Å². The zero-order valence-corrected chi connectivity index (χ0v) is 20.3. The molecule has 2 aromatic carbocycles. The molecule has 1 aliphatic heterocycles. The number of anilines is 1. The smallest absolute Gasteiger partial charge is 0.262 e. The SMILES string of the molecule is CCCCCCN1CC[C@](C)(c2cccc(NS(=O)(=O)c3ccccc3C)c2)[C@@H](C)C1. The molecule has 0 unspecified atom stereocenters. The van der Waals surface area contributed by atoms with Gasteiger partial charge in [0.2, 0.25) is 0 Å². The number of rotatable bonds is 9. The number of nitrogens with one attached hydrogen (secondary N) is 1. The number of nitrogens with zero attached hydrogens (tertiary/aromatic N) is 1. The van der Waals surface area contributed by atoms with Crippen LogP contribution in [0.25, 0.3) is 0 Å². The van der Waals surface area contributed by atoms with Crippen LogP contribution in [0.5, 0.6) is 0 Å². The van der Waals surface area contributed by atoms with E-state index in [1.165, 1.54) is 37.8 Å². The van der Waals surface area contributed by atoms with Crippen LogP contribution < -0.4 is 4.72 Å². The van der Waals surface area contributed by atoms with Gasteiger partial charge in [-0.15, -0.1) is 0 Å². The van der Waals surface area contributed by atoms with Crippen LogP contribution in [-0.2, 0) is 15.4 Å². The summed E-state index contributed by atoms with van der Waals surface area (Å²) >= 11 is 0. The van der Waals surface area contributed by atoms with Crippen LogP contribution in [0.15, 0.2) is 53.4 Å². The molecule has 1 saturated heterocycles. The van der Waals surface area contributed by atoms with Gasteiger partial charge in [0.1, 0.15) is 0 Å². The van der Waals surface area contributed by atoms with E-state index in [-0.39, 0.29) is 5.41 Å². The second-order valence-corrected chi connectivity index (χ2v) is 11.0. The van der Waals surface area contributed by atoms with Gasteiger partial charge < -0.3 is 4.90 Å². The molecule has 1 N–H and O–H groups in total. The molecular weight excluding hydrogens is 404 g/mol. The Labute approximate surface area is 189 Å². The predicted octanol–water partition coefficient (Wildman–Crippen LogP) is 5.98. The van der Waals surface area contributed by atoms with Crippen molar-refractivity contribution >= 4 is 15.7 Å². The Balaban J connectivity index is 1.72. The second kappa shape index (κ2) is 10.2. The van der Waals surface area contributed by atoms with Gasteiger partial charge in [-0.05, 0) is 73.5 Å². The first-order valence-electron chi connectivity index (χ1n) is 11.7. The highest BCUT2D eigenvalue weighted by Crippen LogP contribution is 2.40. The molecule has 3 rings (SSSR count). The normalized spacial score (nSPS) is 22.4. The third-order valence-electron chi connectivity index (χ3n) is 7.05. The van der Waals surface area contributed by atoms with Crippen LogP contribution >= 0.6 is 0 Å². The lowest BCUT2D eigenvalue weighted by atomic mass is 9.68. The summed E-state index contributed by atoms with van der Waals surface area (Å²) in [7, 11) is -3.61. The number of aryl methyl sites for hydroxylation is 1. The fourth-order valence-corrected chi connectivity index (χ4v) is 6.01. The molecule has 31 heavy (non-hydrogen) atoms. The lowest BCUT2D eigenvalue weighted by Crippen LogP contribution is -2.47. The number of sulfonamides is 1. The van der Waals surface area contributed by atoms with Gasteiger partial charge in [-0.3, -0.25) is 4.72 Å². The molecular formula is C26H38N2O2S. The number of hydrogen-bond donors (Lipinski definition) is 1. The third-order valence-corrected chi connectivity index (χ3v) is 8.59. The Bertz CT molecular complexity index is 973. The summed E-state index contributed by atoms with van der Waals surface area (Å²) in [6.45, 7) is 12.1. The first-order chi connectivity index (χ1) is 14.8. The number of unbranched alkanes of at least 4 members (excludes halogenated alkanes) is 3. The van der Waals surface area contributed by atoms with Crippen molar-refractivity contribution in [2.75, 3.05) is 24.4 Å². The largest absolute Gasteiger partial charge is 0.303 e. The van der Waals surface area contributed by atoms with Crippen molar-refractivity contribution in [3.63, 3.8) is 0 Å². The van der Waals surface area contributed by atoms with Gasteiger partial charge in [0.05, 0.1) is 4.90 Å². The first-order valence-corrected chi connectivity index (χ1v) is 13.2.